The van der Waals surface area contributed by atoms with Crippen LogP contribution in [0.25, 0.3) is 16.3 Å². The van der Waals surface area contributed by atoms with Crippen LogP contribution in [0.3, 0.4) is 0 Å². The summed E-state index contributed by atoms with van der Waals surface area (Å²) in [6.45, 7) is 0. The molecule has 1 heterocycles. The molecule has 4 aliphatic rings. The van der Waals surface area contributed by atoms with E-state index in [9.17, 15) is 29.7 Å². The van der Waals surface area contributed by atoms with Gasteiger partial charge in [0.15, 0.2) is 11.6 Å². The second kappa shape index (κ2) is 12.2. The normalized spacial score (nSPS) is 26.1. The lowest BCUT2D eigenvalue weighted by Gasteiger charge is -2.55. The van der Waals surface area contributed by atoms with Crippen LogP contribution in [-0.4, -0.2) is 44.7 Å². The van der Waals surface area contributed by atoms with Gasteiger partial charge in [0.05, 0.1) is 22.9 Å². The highest BCUT2D eigenvalue weighted by atomic mass is 16.4. The first-order valence-electron chi connectivity index (χ1n) is 17.9. The van der Waals surface area contributed by atoms with Gasteiger partial charge in [-0.25, -0.2) is 9.69 Å². The summed E-state index contributed by atoms with van der Waals surface area (Å²) in [4.78, 5) is 72.0. The van der Waals surface area contributed by atoms with Crippen molar-refractivity contribution in [3.05, 3.63) is 155 Å². The number of hydrogen-bond donors (Lipinski definition) is 3. The number of benzene rings is 5. The highest BCUT2D eigenvalue weighted by Gasteiger charge is 2.66. The molecule has 3 N–H and O–H groups in total. The Morgan fingerprint density at radius 3 is 2.11 bits per heavy atom. The number of anilines is 1. The molecule has 3 aliphatic carbocycles. The van der Waals surface area contributed by atoms with Gasteiger partial charge in [-0.05, 0) is 65.1 Å². The molecule has 266 valence electrons. The molecule has 2 amide bonds. The van der Waals surface area contributed by atoms with Crippen LogP contribution in [0.15, 0.2) is 133 Å². The molecule has 5 aromatic carbocycles. The maximum absolute atomic E-state index is 15.3. The van der Waals surface area contributed by atoms with E-state index in [1.807, 2.05) is 72.8 Å². The van der Waals surface area contributed by atoms with Gasteiger partial charge in [0, 0.05) is 28.9 Å². The molecule has 9 heteroatoms. The SMILES string of the molecule is O=C(O)c1ccc(N2C(=O)[C@H]3[C@H](CC=C4[C@H]3C[C@H]3C(=O)C(c5ccccc5)=CC(=O)[C@@]3(c3ccccc3)[C@H]4c3ccc(O)c4ccccc34)C2=O)cc1O. The highest BCUT2D eigenvalue weighted by Crippen LogP contribution is 2.64. The maximum atomic E-state index is 15.3. The van der Waals surface area contributed by atoms with Gasteiger partial charge in [0.2, 0.25) is 11.8 Å². The van der Waals surface area contributed by atoms with E-state index >= 15 is 9.59 Å². The Morgan fingerprint density at radius 1 is 0.722 bits per heavy atom. The number of carbonyl (C=O) groups is 5. The summed E-state index contributed by atoms with van der Waals surface area (Å²) < 4.78 is 0. The Hall–Kier alpha value is -6.61. The number of phenolic OH excluding ortho intramolecular Hbond substituents is 1. The number of nitrogens with zero attached hydrogens (tertiary/aromatic N) is 1. The fraction of sp³-hybridized carbons (Fsp3) is 0.178. The quantitative estimate of drug-likeness (QED) is 0.130. The minimum Gasteiger partial charge on any atom is -0.507 e. The standard InChI is InChI=1S/C45H33NO8/c47-36-20-19-29(27-13-7-8-14-28(27)36)40-30-17-18-32-39(43(52)46(42(32)51)26-15-16-31(44(53)54)37(48)21-26)34(30)22-35-41(50)33(24-9-3-1-4-10-24)23-38(49)45(35,40)25-11-5-2-6-12-25/h1-17,19-21,23,32,34-35,39-40,47-48H,18,22H2,(H,53,54)/t32-,34+,35-,39-,40-,45-/m0/s1. The zero-order chi connectivity index (χ0) is 37.5. The molecule has 0 aromatic heterocycles. The summed E-state index contributed by atoms with van der Waals surface area (Å²) >= 11 is 0. The number of hydrogen-bond acceptors (Lipinski definition) is 7. The number of carboxylic acids is 1. The molecule has 1 aliphatic heterocycles. The fourth-order valence-corrected chi connectivity index (χ4v) is 9.87. The number of ketones is 2. The topological polar surface area (TPSA) is 149 Å². The molecule has 0 unspecified atom stereocenters. The first-order chi connectivity index (χ1) is 26.1. The second-order valence-electron chi connectivity index (χ2n) is 14.5. The van der Waals surface area contributed by atoms with E-state index in [0.29, 0.717) is 27.5 Å². The Morgan fingerprint density at radius 2 is 1.41 bits per heavy atom. The largest absolute Gasteiger partial charge is 0.507 e. The van der Waals surface area contributed by atoms with Crippen LogP contribution in [-0.2, 0) is 24.6 Å². The van der Waals surface area contributed by atoms with Gasteiger partial charge in [-0.1, -0.05) is 103 Å². The number of amides is 2. The van der Waals surface area contributed by atoms with Crippen LogP contribution in [0.1, 0.15) is 45.8 Å². The number of aromatic hydroxyl groups is 2. The number of phenols is 2. The number of aromatic carboxylic acids is 1. The molecule has 5 aromatic rings. The smallest absolute Gasteiger partial charge is 0.339 e. The van der Waals surface area contributed by atoms with Crippen molar-refractivity contribution in [1.82, 2.24) is 0 Å². The zero-order valence-electron chi connectivity index (χ0n) is 28.8. The number of imide groups is 1. The third-order valence-corrected chi connectivity index (χ3v) is 12.1. The van der Waals surface area contributed by atoms with Gasteiger partial charge in [-0.3, -0.25) is 19.2 Å². The Labute approximate surface area is 309 Å². The van der Waals surface area contributed by atoms with E-state index < -0.39 is 58.5 Å². The van der Waals surface area contributed by atoms with Crippen LogP contribution in [0, 0.1) is 23.7 Å². The molecule has 1 saturated carbocycles. The number of carboxylic acid groups (broad SMARTS) is 1. The molecule has 9 rings (SSSR count). The van der Waals surface area contributed by atoms with E-state index in [-0.39, 0.29) is 47.0 Å². The Kier molecular flexibility index (Phi) is 7.53. The van der Waals surface area contributed by atoms with Crippen molar-refractivity contribution in [3.63, 3.8) is 0 Å². The number of fused-ring (bicyclic) bond motifs is 5. The third-order valence-electron chi connectivity index (χ3n) is 12.1. The Bertz CT molecular complexity index is 2520. The van der Waals surface area contributed by atoms with E-state index in [0.717, 1.165) is 22.6 Å². The predicted octanol–water partition coefficient (Wildman–Crippen LogP) is 6.98. The van der Waals surface area contributed by atoms with Gasteiger partial charge in [-0.2, -0.15) is 0 Å². The van der Waals surface area contributed by atoms with Crippen molar-refractivity contribution in [2.45, 2.75) is 24.2 Å². The molecular weight excluding hydrogens is 682 g/mol. The molecule has 6 atom stereocenters. The van der Waals surface area contributed by atoms with Gasteiger partial charge in [0.25, 0.3) is 0 Å². The van der Waals surface area contributed by atoms with Crippen molar-refractivity contribution in [1.29, 1.82) is 0 Å². The van der Waals surface area contributed by atoms with Gasteiger partial charge >= 0.3 is 5.97 Å². The Balaban J connectivity index is 1.28. The lowest BCUT2D eigenvalue weighted by atomic mass is 9.44. The molecule has 2 fully saturated rings. The predicted molar refractivity (Wildman–Crippen MR) is 200 cm³/mol. The molecule has 9 nitrogen and oxygen atoms in total. The molecule has 1 saturated heterocycles. The van der Waals surface area contributed by atoms with Crippen LogP contribution in [0.2, 0.25) is 0 Å². The summed E-state index contributed by atoms with van der Waals surface area (Å²) in [5, 5.41) is 32.3. The van der Waals surface area contributed by atoms with Crippen molar-refractivity contribution in [2.24, 2.45) is 23.7 Å². The summed E-state index contributed by atoms with van der Waals surface area (Å²) in [7, 11) is 0. The highest BCUT2D eigenvalue weighted by molar-refractivity contribution is 6.32. The van der Waals surface area contributed by atoms with Crippen molar-refractivity contribution < 1.29 is 39.3 Å². The van der Waals surface area contributed by atoms with Crippen LogP contribution in [0.5, 0.6) is 11.5 Å². The molecular formula is C45H33NO8. The molecule has 54 heavy (non-hydrogen) atoms. The van der Waals surface area contributed by atoms with Crippen molar-refractivity contribution in [3.8, 4) is 11.5 Å². The minimum atomic E-state index is -1.44. The summed E-state index contributed by atoms with van der Waals surface area (Å²) in [5.41, 5.74) is 1.29. The molecule has 0 bridgehead atoms. The van der Waals surface area contributed by atoms with Gasteiger partial charge < -0.3 is 15.3 Å². The monoisotopic (exact) mass is 715 g/mol. The molecule has 0 spiro atoms. The lowest BCUT2D eigenvalue weighted by molar-refractivity contribution is -0.134. The number of carbonyl (C=O) groups excluding carboxylic acids is 4. The summed E-state index contributed by atoms with van der Waals surface area (Å²) in [6, 6.07) is 32.7. The first-order valence-corrected chi connectivity index (χ1v) is 17.9. The average molecular weight is 716 g/mol. The lowest BCUT2D eigenvalue weighted by Crippen LogP contribution is -2.58. The third kappa shape index (κ3) is 4.60. The van der Waals surface area contributed by atoms with Crippen LogP contribution >= 0.6 is 0 Å². The fourth-order valence-electron chi connectivity index (χ4n) is 9.87. The summed E-state index contributed by atoms with van der Waals surface area (Å²) in [6.07, 6.45) is 3.74. The van der Waals surface area contributed by atoms with Gasteiger partial charge in [0.1, 0.15) is 17.1 Å². The summed E-state index contributed by atoms with van der Waals surface area (Å²) in [5.74, 6) is -7.37. The number of Topliss-reactive ketones (excluding diaryl/α,β-unsaturated/α-hetero) is 1. The number of rotatable bonds is 5. The minimum absolute atomic E-state index is 0.0530. The van der Waals surface area contributed by atoms with Crippen LogP contribution in [0.4, 0.5) is 5.69 Å². The number of allylic oxidation sites excluding steroid dienone is 4. The van der Waals surface area contributed by atoms with Gasteiger partial charge in [-0.15, -0.1) is 0 Å². The molecule has 0 radical (unpaired) electrons. The van der Waals surface area contributed by atoms with Crippen molar-refractivity contribution >= 4 is 51.4 Å². The average Bonchev–Trinajstić information content (AvgIpc) is 3.45. The van der Waals surface area contributed by atoms with E-state index in [4.69, 9.17) is 0 Å². The van der Waals surface area contributed by atoms with Crippen LogP contribution < -0.4 is 4.90 Å². The van der Waals surface area contributed by atoms with Crippen molar-refractivity contribution in [2.75, 3.05) is 4.90 Å². The maximum Gasteiger partial charge on any atom is 0.339 e. The second-order valence-corrected chi connectivity index (χ2v) is 14.5. The zero-order valence-corrected chi connectivity index (χ0v) is 28.8. The van der Waals surface area contributed by atoms with E-state index in [2.05, 4.69) is 0 Å². The first kappa shape index (κ1) is 33.2. The van der Waals surface area contributed by atoms with E-state index in [1.54, 1.807) is 30.3 Å². The van der Waals surface area contributed by atoms with E-state index in [1.165, 1.54) is 12.1 Å².